The zero-order valence-corrected chi connectivity index (χ0v) is 12.9. The standard InChI is InChI=1S/C16H23NO4/c1-4-19-14-7-12-6-11(3)21-15(12)8-13(14)9-17-10-16(18)20-5-2/h7-8,11,17H,4-6,9-10H2,1-3H3. The van der Waals surface area contributed by atoms with Crippen molar-refractivity contribution in [2.45, 2.75) is 39.8 Å². The molecule has 0 bridgehead atoms. The van der Waals surface area contributed by atoms with Gasteiger partial charge >= 0.3 is 5.97 Å². The van der Waals surface area contributed by atoms with E-state index in [0.29, 0.717) is 19.8 Å². The zero-order chi connectivity index (χ0) is 15.2. The number of rotatable bonds is 7. The van der Waals surface area contributed by atoms with E-state index in [0.717, 1.165) is 23.5 Å². The topological polar surface area (TPSA) is 56.8 Å². The molecule has 116 valence electrons. The predicted molar refractivity (Wildman–Crippen MR) is 79.7 cm³/mol. The molecule has 1 aliphatic rings. The summed E-state index contributed by atoms with van der Waals surface area (Å²) in [5, 5.41) is 3.08. The van der Waals surface area contributed by atoms with E-state index in [-0.39, 0.29) is 18.6 Å². The van der Waals surface area contributed by atoms with Crippen LogP contribution in [-0.4, -0.2) is 31.8 Å². The number of hydrogen-bond donors (Lipinski definition) is 1. The van der Waals surface area contributed by atoms with Crippen LogP contribution in [0.5, 0.6) is 11.5 Å². The Morgan fingerprint density at radius 1 is 1.38 bits per heavy atom. The number of fused-ring (bicyclic) bond motifs is 1. The summed E-state index contributed by atoms with van der Waals surface area (Å²) in [5.41, 5.74) is 2.18. The number of ether oxygens (including phenoxy) is 3. The van der Waals surface area contributed by atoms with Gasteiger partial charge in [0.15, 0.2) is 0 Å². The maximum absolute atomic E-state index is 11.3. The van der Waals surface area contributed by atoms with Crippen molar-refractivity contribution in [3.63, 3.8) is 0 Å². The second-order valence-corrected chi connectivity index (χ2v) is 5.04. The van der Waals surface area contributed by atoms with Crippen LogP contribution < -0.4 is 14.8 Å². The first-order valence-electron chi connectivity index (χ1n) is 7.45. The van der Waals surface area contributed by atoms with Gasteiger partial charge in [-0.1, -0.05) is 0 Å². The maximum atomic E-state index is 11.3. The Bertz CT molecular complexity index is 501. The number of carbonyl (C=O) groups excluding carboxylic acids is 1. The van der Waals surface area contributed by atoms with Crippen molar-refractivity contribution in [2.75, 3.05) is 19.8 Å². The fraction of sp³-hybridized carbons (Fsp3) is 0.562. The average Bonchev–Trinajstić information content (AvgIpc) is 2.78. The molecule has 0 radical (unpaired) electrons. The highest BCUT2D eigenvalue weighted by molar-refractivity contribution is 5.71. The molecule has 0 saturated carbocycles. The largest absolute Gasteiger partial charge is 0.494 e. The third-order valence-corrected chi connectivity index (χ3v) is 3.27. The lowest BCUT2D eigenvalue weighted by Crippen LogP contribution is -2.24. The molecule has 0 fully saturated rings. The van der Waals surface area contributed by atoms with Gasteiger partial charge in [-0.05, 0) is 32.9 Å². The molecule has 5 heteroatoms. The molecule has 2 rings (SSSR count). The quantitative estimate of drug-likeness (QED) is 0.780. The SMILES string of the molecule is CCOC(=O)CNCc1cc2c(cc1OCC)CC(C)O2. The van der Waals surface area contributed by atoms with E-state index in [4.69, 9.17) is 14.2 Å². The molecule has 1 heterocycles. The van der Waals surface area contributed by atoms with Crippen LogP contribution in [0.15, 0.2) is 12.1 Å². The van der Waals surface area contributed by atoms with Crippen LogP contribution in [-0.2, 0) is 22.5 Å². The molecule has 1 aromatic rings. The number of nitrogens with one attached hydrogen (secondary N) is 1. The highest BCUT2D eigenvalue weighted by atomic mass is 16.5. The van der Waals surface area contributed by atoms with Crippen LogP contribution in [0.1, 0.15) is 31.9 Å². The van der Waals surface area contributed by atoms with Crippen molar-refractivity contribution in [3.8, 4) is 11.5 Å². The van der Waals surface area contributed by atoms with E-state index in [9.17, 15) is 4.79 Å². The third-order valence-electron chi connectivity index (χ3n) is 3.27. The van der Waals surface area contributed by atoms with Gasteiger partial charge < -0.3 is 19.5 Å². The van der Waals surface area contributed by atoms with Gasteiger partial charge in [0.05, 0.1) is 19.8 Å². The Kier molecular flexibility index (Phi) is 5.44. The monoisotopic (exact) mass is 293 g/mol. The van der Waals surface area contributed by atoms with Crippen molar-refractivity contribution in [1.29, 1.82) is 0 Å². The first-order chi connectivity index (χ1) is 10.1. The minimum Gasteiger partial charge on any atom is -0.494 e. The second kappa shape index (κ2) is 7.31. The minimum absolute atomic E-state index is 0.188. The first-order valence-corrected chi connectivity index (χ1v) is 7.45. The van der Waals surface area contributed by atoms with Gasteiger partial charge in [-0.15, -0.1) is 0 Å². The van der Waals surface area contributed by atoms with Crippen LogP contribution in [0.25, 0.3) is 0 Å². The first kappa shape index (κ1) is 15.6. The highest BCUT2D eigenvalue weighted by Gasteiger charge is 2.21. The predicted octanol–water partition coefficient (Wildman–Crippen LogP) is 2.06. The molecule has 0 amide bonds. The van der Waals surface area contributed by atoms with Gasteiger partial charge in [0.25, 0.3) is 0 Å². The Labute approximate surface area is 125 Å². The van der Waals surface area contributed by atoms with Crippen molar-refractivity contribution in [1.82, 2.24) is 5.32 Å². The fourth-order valence-corrected chi connectivity index (χ4v) is 2.42. The number of esters is 1. The summed E-state index contributed by atoms with van der Waals surface area (Å²) in [4.78, 5) is 11.3. The smallest absolute Gasteiger partial charge is 0.319 e. The molecule has 5 nitrogen and oxygen atoms in total. The number of hydrogen-bond acceptors (Lipinski definition) is 5. The number of carbonyl (C=O) groups is 1. The lowest BCUT2D eigenvalue weighted by atomic mass is 10.1. The minimum atomic E-state index is -0.249. The Morgan fingerprint density at radius 2 is 2.19 bits per heavy atom. The van der Waals surface area contributed by atoms with E-state index in [2.05, 4.69) is 12.2 Å². The van der Waals surface area contributed by atoms with E-state index in [1.807, 2.05) is 19.1 Å². The second-order valence-electron chi connectivity index (χ2n) is 5.04. The van der Waals surface area contributed by atoms with E-state index in [1.54, 1.807) is 6.92 Å². The van der Waals surface area contributed by atoms with Gasteiger partial charge in [0.1, 0.15) is 17.6 Å². The Morgan fingerprint density at radius 3 is 2.90 bits per heavy atom. The van der Waals surface area contributed by atoms with Crippen LogP contribution in [0.3, 0.4) is 0 Å². The molecule has 1 unspecified atom stereocenters. The molecule has 0 aliphatic carbocycles. The fourth-order valence-electron chi connectivity index (χ4n) is 2.42. The molecule has 1 aliphatic heterocycles. The maximum Gasteiger partial charge on any atom is 0.319 e. The van der Waals surface area contributed by atoms with Crippen molar-refractivity contribution in [2.24, 2.45) is 0 Å². The van der Waals surface area contributed by atoms with E-state index >= 15 is 0 Å². The summed E-state index contributed by atoms with van der Waals surface area (Å²) < 4.78 is 16.4. The van der Waals surface area contributed by atoms with E-state index in [1.165, 1.54) is 5.56 Å². The van der Waals surface area contributed by atoms with Crippen molar-refractivity contribution >= 4 is 5.97 Å². The van der Waals surface area contributed by atoms with Crippen LogP contribution in [0, 0.1) is 0 Å². The molecule has 0 saturated heterocycles. The molecular weight excluding hydrogens is 270 g/mol. The van der Waals surface area contributed by atoms with Gasteiger partial charge in [-0.2, -0.15) is 0 Å². The molecule has 0 aromatic heterocycles. The van der Waals surface area contributed by atoms with Crippen molar-refractivity contribution in [3.05, 3.63) is 23.3 Å². The molecule has 1 N–H and O–H groups in total. The van der Waals surface area contributed by atoms with Crippen LogP contribution in [0.2, 0.25) is 0 Å². The van der Waals surface area contributed by atoms with Crippen LogP contribution in [0.4, 0.5) is 0 Å². The third kappa shape index (κ3) is 4.11. The van der Waals surface area contributed by atoms with Crippen molar-refractivity contribution < 1.29 is 19.0 Å². The normalized spacial score (nSPS) is 16.2. The van der Waals surface area contributed by atoms with Gasteiger partial charge in [-0.3, -0.25) is 4.79 Å². The Balaban J connectivity index is 2.03. The average molecular weight is 293 g/mol. The molecule has 0 spiro atoms. The molecule has 21 heavy (non-hydrogen) atoms. The van der Waals surface area contributed by atoms with Crippen LogP contribution >= 0.6 is 0 Å². The highest BCUT2D eigenvalue weighted by Crippen LogP contribution is 2.35. The van der Waals surface area contributed by atoms with Gasteiger partial charge in [0.2, 0.25) is 0 Å². The summed E-state index contributed by atoms with van der Waals surface area (Å²) in [6.45, 7) is 7.55. The summed E-state index contributed by atoms with van der Waals surface area (Å²) in [5.74, 6) is 1.52. The Hall–Kier alpha value is -1.75. The lowest BCUT2D eigenvalue weighted by Gasteiger charge is -2.13. The molecular formula is C16H23NO4. The number of benzene rings is 1. The van der Waals surface area contributed by atoms with Gasteiger partial charge in [0, 0.05) is 24.1 Å². The van der Waals surface area contributed by atoms with E-state index < -0.39 is 0 Å². The summed E-state index contributed by atoms with van der Waals surface area (Å²) >= 11 is 0. The molecule has 1 aromatic carbocycles. The summed E-state index contributed by atoms with van der Waals surface area (Å²) in [6.07, 6.45) is 1.11. The lowest BCUT2D eigenvalue weighted by molar-refractivity contribution is -0.142. The zero-order valence-electron chi connectivity index (χ0n) is 12.9. The van der Waals surface area contributed by atoms with Gasteiger partial charge in [-0.25, -0.2) is 0 Å². The summed E-state index contributed by atoms with van der Waals surface area (Å²) in [6, 6.07) is 4.05. The molecule has 1 atom stereocenters. The summed E-state index contributed by atoms with van der Waals surface area (Å²) in [7, 11) is 0.